The molecule has 1 aromatic carbocycles. The van der Waals surface area contributed by atoms with Crippen LogP contribution in [0, 0.1) is 0 Å². The molecule has 0 saturated carbocycles. The monoisotopic (exact) mass is 435 g/mol. The van der Waals surface area contributed by atoms with E-state index in [0.717, 1.165) is 0 Å². The molecule has 3 rings (SSSR count). The molecular weight excluding hydrogens is 421 g/mol. The number of methoxy groups -OCH3 is 1. The summed E-state index contributed by atoms with van der Waals surface area (Å²) in [6.07, 6.45) is 4.46. The topological polar surface area (TPSA) is 124 Å². The van der Waals surface area contributed by atoms with Gasteiger partial charge in [0.15, 0.2) is 5.82 Å². The van der Waals surface area contributed by atoms with Crippen LogP contribution in [0.15, 0.2) is 36.9 Å². The molecule has 0 aliphatic rings. The summed E-state index contributed by atoms with van der Waals surface area (Å²) in [6.45, 7) is 1.71. The van der Waals surface area contributed by atoms with Crippen molar-refractivity contribution < 1.29 is 14.3 Å². The Morgan fingerprint density at radius 1 is 1.14 bits per heavy atom. The van der Waals surface area contributed by atoms with Crippen LogP contribution in [-0.2, 0) is 4.74 Å². The first-order chi connectivity index (χ1) is 13.9. The molecular formula is C17H15Cl2N7O3. The Hall–Kier alpha value is -3.24. The highest BCUT2D eigenvalue weighted by Gasteiger charge is 2.20. The number of nitrogens with one attached hydrogen (secondary N) is 2. The SMILES string of the molecule is COC(=O)c1cc(Cl)c(Cl)cc1NC(=O)NC(C)c1ncnn1-c1ncccn1. The van der Waals surface area contributed by atoms with Gasteiger partial charge in [0.2, 0.25) is 0 Å². The fourth-order valence-electron chi connectivity index (χ4n) is 2.45. The van der Waals surface area contributed by atoms with Gasteiger partial charge in [0, 0.05) is 12.4 Å². The molecule has 150 valence electrons. The number of carbonyl (C=O) groups is 2. The van der Waals surface area contributed by atoms with E-state index in [4.69, 9.17) is 27.9 Å². The van der Waals surface area contributed by atoms with Gasteiger partial charge in [-0.3, -0.25) is 0 Å². The minimum atomic E-state index is -0.673. The Balaban J connectivity index is 1.78. The van der Waals surface area contributed by atoms with E-state index in [0.29, 0.717) is 11.8 Å². The third kappa shape index (κ3) is 4.61. The standard InChI is InChI=1S/C17H15Cl2N7O3/c1-9(14-22-8-23-26(14)16-20-4-3-5-21-16)24-17(28)25-13-7-12(19)11(18)6-10(13)15(27)29-2/h3-9H,1-2H3,(H2,24,25,28). The Morgan fingerprint density at radius 3 is 2.52 bits per heavy atom. The Labute approximate surface area is 175 Å². The number of ether oxygens (including phenoxy) is 1. The lowest BCUT2D eigenvalue weighted by molar-refractivity contribution is 0.0602. The van der Waals surface area contributed by atoms with E-state index >= 15 is 0 Å². The number of halogens is 2. The number of anilines is 1. The second kappa shape index (κ2) is 8.84. The number of urea groups is 1. The van der Waals surface area contributed by atoms with E-state index in [2.05, 4.69) is 30.7 Å². The maximum absolute atomic E-state index is 12.5. The molecule has 0 spiro atoms. The predicted octanol–water partition coefficient (Wildman–Crippen LogP) is 3.03. The molecule has 2 heterocycles. The van der Waals surface area contributed by atoms with Gasteiger partial charge in [0.05, 0.1) is 34.4 Å². The average Bonchev–Trinajstić information content (AvgIpc) is 3.20. The lowest BCUT2D eigenvalue weighted by Gasteiger charge is -2.16. The normalized spacial score (nSPS) is 11.6. The fraction of sp³-hybridized carbons (Fsp3) is 0.176. The largest absolute Gasteiger partial charge is 0.465 e. The van der Waals surface area contributed by atoms with E-state index in [9.17, 15) is 9.59 Å². The maximum atomic E-state index is 12.5. The van der Waals surface area contributed by atoms with Gasteiger partial charge in [0.1, 0.15) is 6.33 Å². The smallest absolute Gasteiger partial charge is 0.340 e. The first kappa shape index (κ1) is 20.5. The van der Waals surface area contributed by atoms with Crippen LogP contribution in [0.25, 0.3) is 5.95 Å². The zero-order valence-corrected chi connectivity index (χ0v) is 16.8. The van der Waals surface area contributed by atoms with Crippen molar-refractivity contribution in [3.05, 3.63) is 58.4 Å². The quantitative estimate of drug-likeness (QED) is 0.589. The molecule has 2 N–H and O–H groups in total. The first-order valence-corrected chi connectivity index (χ1v) is 8.98. The highest BCUT2D eigenvalue weighted by molar-refractivity contribution is 6.42. The average molecular weight is 436 g/mol. The molecule has 10 nitrogen and oxygen atoms in total. The minimum absolute atomic E-state index is 0.0607. The number of carbonyl (C=O) groups excluding carboxylic acids is 2. The molecule has 2 aromatic heterocycles. The Kier molecular flexibility index (Phi) is 6.25. The van der Waals surface area contributed by atoms with Crippen molar-refractivity contribution >= 4 is 40.9 Å². The molecule has 2 amide bonds. The molecule has 0 saturated heterocycles. The number of nitrogens with zero attached hydrogens (tertiary/aromatic N) is 5. The number of rotatable bonds is 5. The van der Waals surface area contributed by atoms with Gasteiger partial charge in [-0.05, 0) is 25.1 Å². The van der Waals surface area contributed by atoms with Crippen molar-refractivity contribution in [2.24, 2.45) is 0 Å². The molecule has 0 aliphatic heterocycles. The summed E-state index contributed by atoms with van der Waals surface area (Å²) in [6, 6.07) is 3.18. The predicted molar refractivity (Wildman–Crippen MR) is 105 cm³/mol. The van der Waals surface area contributed by atoms with Crippen molar-refractivity contribution in [2.45, 2.75) is 13.0 Å². The number of hydrogen-bond donors (Lipinski definition) is 2. The Morgan fingerprint density at radius 2 is 1.83 bits per heavy atom. The van der Waals surface area contributed by atoms with Gasteiger partial charge in [0.25, 0.3) is 5.95 Å². The van der Waals surface area contributed by atoms with Crippen molar-refractivity contribution in [1.82, 2.24) is 30.0 Å². The number of aromatic nitrogens is 5. The molecule has 1 unspecified atom stereocenters. The number of benzene rings is 1. The second-order valence-electron chi connectivity index (χ2n) is 5.70. The van der Waals surface area contributed by atoms with Crippen LogP contribution < -0.4 is 10.6 Å². The van der Waals surface area contributed by atoms with Gasteiger partial charge < -0.3 is 15.4 Å². The highest BCUT2D eigenvalue weighted by atomic mass is 35.5. The summed E-state index contributed by atoms with van der Waals surface area (Å²) in [5.41, 5.74) is 0.203. The van der Waals surface area contributed by atoms with E-state index in [1.54, 1.807) is 25.4 Å². The molecule has 12 heteroatoms. The van der Waals surface area contributed by atoms with Crippen LogP contribution in [0.3, 0.4) is 0 Å². The summed E-state index contributed by atoms with van der Waals surface area (Å²) in [4.78, 5) is 36.8. The zero-order valence-electron chi connectivity index (χ0n) is 15.3. The number of amides is 2. The van der Waals surface area contributed by atoms with Gasteiger partial charge in [-0.25, -0.2) is 24.5 Å². The molecule has 3 aromatic rings. The van der Waals surface area contributed by atoms with Gasteiger partial charge in [-0.2, -0.15) is 9.78 Å². The van der Waals surface area contributed by atoms with Crippen molar-refractivity contribution in [3.63, 3.8) is 0 Å². The maximum Gasteiger partial charge on any atom is 0.340 e. The molecule has 0 aliphatic carbocycles. The van der Waals surface area contributed by atoms with Crippen molar-refractivity contribution in [2.75, 3.05) is 12.4 Å². The summed E-state index contributed by atoms with van der Waals surface area (Å²) in [5, 5.41) is 9.67. The minimum Gasteiger partial charge on any atom is -0.465 e. The van der Waals surface area contributed by atoms with Gasteiger partial charge >= 0.3 is 12.0 Å². The van der Waals surface area contributed by atoms with E-state index < -0.39 is 18.0 Å². The third-order valence-electron chi connectivity index (χ3n) is 3.76. The molecule has 0 radical (unpaired) electrons. The van der Waals surface area contributed by atoms with Crippen LogP contribution in [0.1, 0.15) is 29.1 Å². The zero-order chi connectivity index (χ0) is 21.0. The van der Waals surface area contributed by atoms with E-state index in [1.165, 1.54) is 30.3 Å². The fourth-order valence-corrected chi connectivity index (χ4v) is 2.78. The van der Waals surface area contributed by atoms with Crippen LogP contribution in [0.2, 0.25) is 10.0 Å². The summed E-state index contributed by atoms with van der Waals surface area (Å²) >= 11 is 12.0. The van der Waals surface area contributed by atoms with E-state index in [-0.39, 0.29) is 21.3 Å². The molecule has 0 fully saturated rings. The first-order valence-electron chi connectivity index (χ1n) is 8.23. The van der Waals surface area contributed by atoms with Crippen molar-refractivity contribution in [3.8, 4) is 5.95 Å². The van der Waals surface area contributed by atoms with Gasteiger partial charge in [-0.15, -0.1) is 0 Å². The summed E-state index contributed by atoms with van der Waals surface area (Å²) < 4.78 is 6.12. The lowest BCUT2D eigenvalue weighted by atomic mass is 10.2. The van der Waals surface area contributed by atoms with Gasteiger partial charge in [-0.1, -0.05) is 23.2 Å². The lowest BCUT2D eigenvalue weighted by Crippen LogP contribution is -2.33. The molecule has 0 bridgehead atoms. The highest BCUT2D eigenvalue weighted by Crippen LogP contribution is 2.29. The Bertz CT molecular complexity index is 1040. The van der Waals surface area contributed by atoms with Crippen LogP contribution in [0.4, 0.5) is 10.5 Å². The molecule has 1 atom stereocenters. The van der Waals surface area contributed by atoms with E-state index in [1.807, 2.05) is 0 Å². The number of esters is 1. The summed E-state index contributed by atoms with van der Waals surface area (Å²) in [5.74, 6) is 0.0492. The third-order valence-corrected chi connectivity index (χ3v) is 4.49. The van der Waals surface area contributed by atoms with Crippen molar-refractivity contribution in [1.29, 1.82) is 0 Å². The van der Waals surface area contributed by atoms with Crippen LogP contribution in [-0.4, -0.2) is 43.8 Å². The number of hydrogen-bond acceptors (Lipinski definition) is 7. The summed E-state index contributed by atoms with van der Waals surface area (Å²) in [7, 11) is 1.22. The van der Waals surface area contributed by atoms with Crippen LogP contribution >= 0.6 is 23.2 Å². The molecule has 29 heavy (non-hydrogen) atoms. The van der Waals surface area contributed by atoms with Crippen LogP contribution in [0.5, 0.6) is 0 Å². The second-order valence-corrected chi connectivity index (χ2v) is 6.52.